The molecule has 186 valence electrons. The maximum Gasteiger partial charge on any atom is 0.410 e. The van der Waals surface area contributed by atoms with Crippen molar-refractivity contribution >= 4 is 40.6 Å². The van der Waals surface area contributed by atoms with E-state index in [1.165, 1.54) is 24.4 Å². The quantitative estimate of drug-likeness (QED) is 0.534. The van der Waals surface area contributed by atoms with Crippen LogP contribution < -0.4 is 10.5 Å². The summed E-state index contributed by atoms with van der Waals surface area (Å²) in [5.41, 5.74) is 7.41. The van der Waals surface area contributed by atoms with Gasteiger partial charge in [0.15, 0.2) is 5.65 Å². The molecule has 0 bridgehead atoms. The maximum atomic E-state index is 15.3. The number of methoxy groups -OCH3 is 1. The van der Waals surface area contributed by atoms with Crippen LogP contribution in [0.4, 0.5) is 15.0 Å². The molecule has 1 aliphatic heterocycles. The highest BCUT2D eigenvalue weighted by Crippen LogP contribution is 2.44. The molecular weight excluding hydrogens is 475 g/mol. The smallest absolute Gasteiger partial charge is 0.410 e. The van der Waals surface area contributed by atoms with Crippen LogP contribution in [0.5, 0.6) is 5.75 Å². The number of ether oxygens (including phenoxy) is 2. The zero-order valence-electron chi connectivity index (χ0n) is 20.3. The van der Waals surface area contributed by atoms with Gasteiger partial charge in [0.2, 0.25) is 0 Å². The van der Waals surface area contributed by atoms with E-state index >= 15 is 4.39 Å². The monoisotopic (exact) mass is 502 g/mol. The lowest BCUT2D eigenvalue weighted by Gasteiger charge is -2.40. The van der Waals surface area contributed by atoms with Crippen LogP contribution in [0.15, 0.2) is 19.0 Å². The predicted octanol–water partition coefficient (Wildman–Crippen LogP) is 4.80. The number of amides is 1. The maximum absolute atomic E-state index is 15.3. The molecule has 1 amide bonds. The summed E-state index contributed by atoms with van der Waals surface area (Å²) < 4.78 is 28.1. The van der Waals surface area contributed by atoms with Crippen LogP contribution in [0, 0.1) is 5.82 Å². The van der Waals surface area contributed by atoms with Crippen molar-refractivity contribution in [3.05, 3.63) is 46.6 Å². The van der Waals surface area contributed by atoms with Crippen LogP contribution in [0.1, 0.15) is 56.5 Å². The van der Waals surface area contributed by atoms with Crippen molar-refractivity contribution in [1.82, 2.24) is 24.6 Å². The van der Waals surface area contributed by atoms with Gasteiger partial charge in [0.25, 0.3) is 0 Å². The minimum atomic E-state index is -0.618. The lowest BCUT2D eigenvalue weighted by molar-refractivity contribution is 0.00768. The molecule has 11 heteroatoms. The lowest BCUT2D eigenvalue weighted by atomic mass is 9.88. The first-order valence-electron chi connectivity index (χ1n) is 11.1. The molecule has 9 nitrogen and oxygen atoms in total. The van der Waals surface area contributed by atoms with E-state index in [9.17, 15) is 4.79 Å². The van der Waals surface area contributed by atoms with E-state index in [0.717, 1.165) is 0 Å². The zero-order valence-corrected chi connectivity index (χ0v) is 21.1. The third-order valence-corrected chi connectivity index (χ3v) is 6.21. The first-order chi connectivity index (χ1) is 16.5. The molecule has 4 rings (SSSR count). The molecule has 1 atom stereocenters. The summed E-state index contributed by atoms with van der Waals surface area (Å²) in [4.78, 5) is 22.3. The van der Waals surface area contributed by atoms with Crippen LogP contribution in [-0.4, -0.2) is 56.5 Å². The van der Waals surface area contributed by atoms with Gasteiger partial charge in [-0.05, 0) is 39.8 Å². The second kappa shape index (κ2) is 8.99. The standard InChI is InChI=1S/C24H28ClFN6O3/c1-7-16-18-21(27)28-11-29-22(18)32(30-16)12(2)14-8-15(25)19(26)17(20(14)34-6)13-9-31(10-13)23(33)35-24(3,4)5/h7-8,11-13H,1,9-10H2,2-6H3,(H2,27,28,29). The fourth-order valence-corrected chi connectivity index (χ4v) is 4.48. The zero-order chi connectivity index (χ0) is 25.7. The normalized spacial score (nSPS) is 15.1. The van der Waals surface area contributed by atoms with Gasteiger partial charge in [-0.2, -0.15) is 5.10 Å². The number of nitrogens with zero attached hydrogens (tertiary/aromatic N) is 5. The number of nitrogen functional groups attached to an aromatic ring is 1. The van der Waals surface area contributed by atoms with Crippen molar-refractivity contribution in [3.8, 4) is 5.75 Å². The van der Waals surface area contributed by atoms with Gasteiger partial charge in [-0.3, -0.25) is 0 Å². The van der Waals surface area contributed by atoms with Crippen LogP contribution in [0.3, 0.4) is 0 Å². The van der Waals surface area contributed by atoms with Crippen LogP contribution in [0.2, 0.25) is 5.02 Å². The second-order valence-electron chi connectivity index (χ2n) is 9.46. The number of carbonyl (C=O) groups excluding carboxylic acids is 1. The van der Waals surface area contributed by atoms with E-state index in [0.29, 0.717) is 33.6 Å². The summed E-state index contributed by atoms with van der Waals surface area (Å²) >= 11 is 6.34. The minimum absolute atomic E-state index is 0.0482. The predicted molar refractivity (Wildman–Crippen MR) is 132 cm³/mol. The molecule has 3 aromatic rings. The van der Waals surface area contributed by atoms with Gasteiger partial charge >= 0.3 is 6.09 Å². The summed E-state index contributed by atoms with van der Waals surface area (Å²) in [7, 11) is 1.48. The van der Waals surface area contributed by atoms with Crippen LogP contribution >= 0.6 is 11.6 Å². The first kappa shape index (κ1) is 24.7. The number of anilines is 1. The molecule has 2 N–H and O–H groups in total. The number of fused-ring (bicyclic) bond motifs is 1. The molecule has 35 heavy (non-hydrogen) atoms. The molecule has 1 unspecified atom stereocenters. The number of hydrogen-bond acceptors (Lipinski definition) is 7. The number of hydrogen-bond donors (Lipinski definition) is 1. The second-order valence-corrected chi connectivity index (χ2v) is 9.87. The number of nitrogens with two attached hydrogens (primary N) is 1. The highest BCUT2D eigenvalue weighted by atomic mass is 35.5. The van der Waals surface area contributed by atoms with E-state index in [1.54, 1.807) is 31.5 Å². The topological polar surface area (TPSA) is 108 Å². The molecule has 1 saturated heterocycles. The van der Waals surface area contributed by atoms with Gasteiger partial charge in [-0.15, -0.1) is 0 Å². The van der Waals surface area contributed by atoms with Crippen molar-refractivity contribution < 1.29 is 18.7 Å². The molecule has 0 saturated carbocycles. The van der Waals surface area contributed by atoms with E-state index in [4.69, 9.17) is 26.8 Å². The van der Waals surface area contributed by atoms with E-state index < -0.39 is 23.6 Å². The Labute approximate surface area is 207 Å². The molecule has 1 aliphatic rings. The van der Waals surface area contributed by atoms with Gasteiger partial charge in [0, 0.05) is 30.1 Å². The fraction of sp³-hybridized carbons (Fsp3) is 0.417. The Hall–Kier alpha value is -3.40. The molecule has 0 spiro atoms. The average Bonchev–Trinajstić information content (AvgIpc) is 3.13. The largest absolute Gasteiger partial charge is 0.496 e. The van der Waals surface area contributed by atoms with Crippen molar-refractivity contribution in [2.75, 3.05) is 25.9 Å². The highest BCUT2D eigenvalue weighted by molar-refractivity contribution is 6.31. The van der Waals surface area contributed by atoms with Gasteiger partial charge in [-0.25, -0.2) is 23.8 Å². The minimum Gasteiger partial charge on any atom is -0.496 e. The van der Waals surface area contributed by atoms with Crippen molar-refractivity contribution in [3.63, 3.8) is 0 Å². The SMILES string of the molecule is C=Cc1nn(C(C)c2cc(Cl)c(F)c(C3CN(C(=O)OC(C)(C)C)C3)c2OC)c2ncnc(N)c12. The molecule has 2 aromatic heterocycles. The number of likely N-dealkylation sites (tertiary alicyclic amines) is 1. The van der Waals surface area contributed by atoms with Crippen molar-refractivity contribution in [2.24, 2.45) is 0 Å². The Morgan fingerprint density at radius 3 is 2.66 bits per heavy atom. The highest BCUT2D eigenvalue weighted by Gasteiger charge is 2.39. The van der Waals surface area contributed by atoms with Crippen molar-refractivity contribution in [1.29, 1.82) is 0 Å². The Kier molecular flexibility index (Phi) is 6.35. The molecule has 0 radical (unpaired) electrons. The number of benzene rings is 1. The van der Waals surface area contributed by atoms with Gasteiger partial charge in [0.05, 0.1) is 29.3 Å². The summed E-state index contributed by atoms with van der Waals surface area (Å²) in [5.74, 6) is -0.251. The summed E-state index contributed by atoms with van der Waals surface area (Å²) in [6, 6.07) is 1.08. The molecular formula is C24H28ClFN6O3. The molecule has 1 aromatic carbocycles. The number of aromatic nitrogens is 4. The number of halogens is 2. The summed E-state index contributed by atoms with van der Waals surface area (Å²) in [6.07, 6.45) is 2.49. The molecule has 1 fully saturated rings. The Balaban J connectivity index is 1.74. The van der Waals surface area contributed by atoms with Gasteiger partial charge < -0.3 is 20.1 Å². The third-order valence-electron chi connectivity index (χ3n) is 5.94. The van der Waals surface area contributed by atoms with E-state index in [-0.39, 0.29) is 29.8 Å². The van der Waals surface area contributed by atoms with Crippen LogP contribution in [0.25, 0.3) is 17.1 Å². The van der Waals surface area contributed by atoms with E-state index in [2.05, 4.69) is 21.6 Å². The fourth-order valence-electron chi connectivity index (χ4n) is 4.26. The average molecular weight is 503 g/mol. The molecule has 3 heterocycles. The lowest BCUT2D eigenvalue weighted by Crippen LogP contribution is -2.50. The third kappa shape index (κ3) is 4.38. The Morgan fingerprint density at radius 2 is 2.06 bits per heavy atom. The Morgan fingerprint density at radius 1 is 1.37 bits per heavy atom. The Bertz CT molecular complexity index is 1310. The van der Waals surface area contributed by atoms with E-state index in [1.807, 2.05) is 6.92 Å². The van der Waals surface area contributed by atoms with Crippen molar-refractivity contribution in [2.45, 2.75) is 45.3 Å². The van der Waals surface area contributed by atoms with Crippen LogP contribution in [-0.2, 0) is 4.74 Å². The number of carbonyl (C=O) groups is 1. The van der Waals surface area contributed by atoms with Gasteiger partial charge in [0.1, 0.15) is 29.3 Å². The number of rotatable bonds is 5. The molecule has 0 aliphatic carbocycles. The summed E-state index contributed by atoms with van der Waals surface area (Å²) in [6.45, 7) is 11.6. The van der Waals surface area contributed by atoms with Gasteiger partial charge in [-0.1, -0.05) is 18.2 Å². The summed E-state index contributed by atoms with van der Waals surface area (Å²) in [5, 5.41) is 5.13. The first-order valence-corrected chi connectivity index (χ1v) is 11.5.